The van der Waals surface area contributed by atoms with Crippen LogP contribution in [0.4, 0.5) is 0 Å². The van der Waals surface area contributed by atoms with Gasteiger partial charge in [0.25, 0.3) is 0 Å². The average molecular weight is 375 g/mol. The van der Waals surface area contributed by atoms with Crippen LogP contribution in [0.15, 0.2) is 60.2 Å². The highest BCUT2D eigenvalue weighted by Gasteiger charge is 2.30. The monoisotopic (exact) mass is 374 g/mol. The summed E-state index contributed by atoms with van der Waals surface area (Å²) in [7, 11) is 0. The fourth-order valence-electron chi connectivity index (χ4n) is 4.51. The zero-order valence-electron chi connectivity index (χ0n) is 16.8. The average Bonchev–Trinajstić information content (AvgIpc) is 2.74. The molecule has 1 fully saturated rings. The molecule has 2 aromatic carbocycles. The molecule has 2 aliphatic heterocycles. The molecule has 4 rings (SSSR count). The zero-order chi connectivity index (χ0) is 19.3. The second-order valence-electron chi connectivity index (χ2n) is 8.23. The Morgan fingerprint density at radius 1 is 0.964 bits per heavy atom. The van der Waals surface area contributed by atoms with Gasteiger partial charge in [-0.1, -0.05) is 66.2 Å². The molecular weight excluding hydrogens is 344 g/mol. The predicted octanol–water partition coefficient (Wildman–Crippen LogP) is 4.39. The smallest absolute Gasteiger partial charge is 0.226 e. The Morgan fingerprint density at radius 2 is 1.64 bits per heavy atom. The van der Waals surface area contributed by atoms with Gasteiger partial charge in [0.1, 0.15) is 0 Å². The molecule has 0 saturated carbocycles. The minimum absolute atomic E-state index is 0.194. The van der Waals surface area contributed by atoms with Crippen LogP contribution in [-0.2, 0) is 17.8 Å². The van der Waals surface area contributed by atoms with Crippen molar-refractivity contribution in [2.45, 2.75) is 32.7 Å². The van der Waals surface area contributed by atoms with Crippen molar-refractivity contribution in [3.05, 3.63) is 76.9 Å². The van der Waals surface area contributed by atoms with Gasteiger partial charge < -0.3 is 4.90 Å². The number of rotatable bonds is 4. The fourth-order valence-corrected chi connectivity index (χ4v) is 4.51. The van der Waals surface area contributed by atoms with Gasteiger partial charge in [-0.3, -0.25) is 9.69 Å². The van der Waals surface area contributed by atoms with E-state index < -0.39 is 0 Å². The summed E-state index contributed by atoms with van der Waals surface area (Å²) in [5.41, 5.74) is 5.36. The van der Waals surface area contributed by atoms with Gasteiger partial charge >= 0.3 is 0 Å². The molecule has 2 aromatic rings. The quantitative estimate of drug-likeness (QED) is 0.793. The Morgan fingerprint density at radius 3 is 2.39 bits per heavy atom. The van der Waals surface area contributed by atoms with Gasteiger partial charge in [-0.25, -0.2) is 0 Å². The first kappa shape index (κ1) is 18.9. The Kier molecular flexibility index (Phi) is 5.92. The highest BCUT2D eigenvalue weighted by molar-refractivity contribution is 5.79. The summed E-state index contributed by atoms with van der Waals surface area (Å²) in [4.78, 5) is 17.6. The second-order valence-corrected chi connectivity index (χ2v) is 8.23. The number of nitrogens with zero attached hydrogens (tertiary/aromatic N) is 2. The molecule has 0 N–H and O–H groups in total. The highest BCUT2D eigenvalue weighted by atomic mass is 16.2. The Bertz CT molecular complexity index is 835. The zero-order valence-corrected chi connectivity index (χ0v) is 16.8. The molecule has 0 bridgehead atoms. The highest BCUT2D eigenvalue weighted by Crippen LogP contribution is 2.25. The first-order valence-corrected chi connectivity index (χ1v) is 10.5. The van der Waals surface area contributed by atoms with Gasteiger partial charge in [0.05, 0.1) is 0 Å². The number of likely N-dealkylation sites (tertiary alicyclic amines) is 1. The van der Waals surface area contributed by atoms with Crippen LogP contribution in [0.3, 0.4) is 0 Å². The molecule has 0 unspecified atom stereocenters. The molecule has 3 heteroatoms. The van der Waals surface area contributed by atoms with Gasteiger partial charge in [-0.05, 0) is 56.0 Å². The van der Waals surface area contributed by atoms with E-state index in [1.807, 2.05) is 0 Å². The van der Waals surface area contributed by atoms with Crippen LogP contribution in [0.5, 0.6) is 0 Å². The van der Waals surface area contributed by atoms with Crippen LogP contribution in [0.1, 0.15) is 36.5 Å². The van der Waals surface area contributed by atoms with Crippen LogP contribution >= 0.6 is 0 Å². The molecule has 0 atom stereocenters. The van der Waals surface area contributed by atoms with E-state index in [2.05, 4.69) is 77.4 Å². The second kappa shape index (κ2) is 8.74. The minimum Gasteiger partial charge on any atom is -0.338 e. The summed E-state index contributed by atoms with van der Waals surface area (Å²) in [6, 6.07) is 19.0. The fraction of sp³-hybridized carbons (Fsp3) is 0.400. The van der Waals surface area contributed by atoms with Gasteiger partial charge in [-0.15, -0.1) is 0 Å². The van der Waals surface area contributed by atoms with Crippen molar-refractivity contribution in [1.29, 1.82) is 0 Å². The number of fused-ring (bicyclic) bond motifs is 1. The first-order chi connectivity index (χ1) is 13.7. The van der Waals surface area contributed by atoms with Crippen molar-refractivity contribution in [3.8, 4) is 0 Å². The van der Waals surface area contributed by atoms with Crippen LogP contribution in [0.2, 0.25) is 0 Å². The van der Waals surface area contributed by atoms with Crippen molar-refractivity contribution in [3.63, 3.8) is 0 Å². The Hall–Kier alpha value is -2.39. The van der Waals surface area contributed by atoms with E-state index in [0.29, 0.717) is 5.91 Å². The molecule has 0 spiro atoms. The van der Waals surface area contributed by atoms with E-state index in [0.717, 1.165) is 52.0 Å². The molecule has 0 radical (unpaired) electrons. The SMILES string of the molecule is CC(=Cc1ccccc1)CN1CCC(C(=O)N2CCc3ccccc3C2)CC1. The number of carbonyl (C=O) groups excluding carboxylic acids is 1. The van der Waals surface area contributed by atoms with Crippen molar-refractivity contribution >= 4 is 12.0 Å². The lowest BCUT2D eigenvalue weighted by atomic mass is 9.93. The lowest BCUT2D eigenvalue weighted by molar-refractivity contribution is -0.138. The topological polar surface area (TPSA) is 23.6 Å². The first-order valence-electron chi connectivity index (χ1n) is 10.5. The summed E-state index contributed by atoms with van der Waals surface area (Å²) < 4.78 is 0. The third-order valence-corrected chi connectivity index (χ3v) is 6.06. The molecule has 3 nitrogen and oxygen atoms in total. The summed E-state index contributed by atoms with van der Waals surface area (Å²) in [6.07, 6.45) is 5.22. The van der Waals surface area contributed by atoms with Crippen molar-refractivity contribution < 1.29 is 4.79 Å². The molecular formula is C25H30N2O. The maximum Gasteiger partial charge on any atom is 0.226 e. The van der Waals surface area contributed by atoms with E-state index >= 15 is 0 Å². The van der Waals surface area contributed by atoms with Crippen LogP contribution in [0, 0.1) is 5.92 Å². The van der Waals surface area contributed by atoms with Gasteiger partial charge in [0.2, 0.25) is 5.91 Å². The third kappa shape index (κ3) is 4.53. The number of piperidine rings is 1. The molecule has 28 heavy (non-hydrogen) atoms. The molecule has 0 aliphatic carbocycles. The van der Waals surface area contributed by atoms with E-state index in [1.165, 1.54) is 22.3 Å². The van der Waals surface area contributed by atoms with Gasteiger partial charge in [0.15, 0.2) is 0 Å². The molecule has 2 heterocycles. The minimum atomic E-state index is 0.194. The van der Waals surface area contributed by atoms with Crippen LogP contribution in [0.25, 0.3) is 6.08 Å². The van der Waals surface area contributed by atoms with Gasteiger partial charge in [0, 0.05) is 25.6 Å². The van der Waals surface area contributed by atoms with Crippen molar-refractivity contribution in [1.82, 2.24) is 9.80 Å². The number of benzene rings is 2. The normalized spacial score (nSPS) is 18.8. The lowest BCUT2D eigenvalue weighted by Gasteiger charge is -2.36. The maximum atomic E-state index is 13.0. The van der Waals surface area contributed by atoms with Crippen LogP contribution in [-0.4, -0.2) is 41.9 Å². The Balaban J connectivity index is 1.28. The number of hydrogen-bond donors (Lipinski definition) is 0. The Labute approximate surface area is 168 Å². The number of hydrogen-bond acceptors (Lipinski definition) is 2. The standard InChI is InChI=1S/C25H30N2O/c1-20(17-21-7-3-2-4-8-21)18-26-14-11-23(12-15-26)25(28)27-16-13-22-9-5-6-10-24(22)19-27/h2-10,17,23H,11-16,18-19H2,1H3. The van der Waals surface area contributed by atoms with E-state index in [-0.39, 0.29) is 5.92 Å². The molecule has 1 amide bonds. The molecule has 146 valence electrons. The van der Waals surface area contributed by atoms with Gasteiger partial charge in [-0.2, -0.15) is 0 Å². The third-order valence-electron chi connectivity index (χ3n) is 6.06. The summed E-state index contributed by atoms with van der Waals surface area (Å²) in [5.74, 6) is 0.561. The summed E-state index contributed by atoms with van der Waals surface area (Å²) in [5, 5.41) is 0. The van der Waals surface area contributed by atoms with E-state index in [4.69, 9.17) is 0 Å². The maximum absolute atomic E-state index is 13.0. The van der Waals surface area contributed by atoms with Crippen molar-refractivity contribution in [2.75, 3.05) is 26.2 Å². The lowest BCUT2D eigenvalue weighted by Crippen LogP contribution is -2.44. The molecule has 0 aromatic heterocycles. The number of amides is 1. The predicted molar refractivity (Wildman–Crippen MR) is 115 cm³/mol. The molecule has 2 aliphatic rings. The van der Waals surface area contributed by atoms with Crippen molar-refractivity contribution in [2.24, 2.45) is 5.92 Å². The van der Waals surface area contributed by atoms with Crippen LogP contribution < -0.4 is 0 Å². The number of carbonyl (C=O) groups is 1. The molecule has 1 saturated heterocycles. The summed E-state index contributed by atoms with van der Waals surface area (Å²) in [6.45, 7) is 6.88. The van der Waals surface area contributed by atoms with E-state index in [9.17, 15) is 4.79 Å². The largest absolute Gasteiger partial charge is 0.338 e. The van der Waals surface area contributed by atoms with E-state index in [1.54, 1.807) is 0 Å². The summed E-state index contributed by atoms with van der Waals surface area (Å²) >= 11 is 0.